The number of carboxylic acids is 1. The van der Waals surface area contributed by atoms with Gasteiger partial charge in [-0.2, -0.15) is 0 Å². The number of aromatic carboxylic acids is 1. The number of benzene rings is 1. The fourth-order valence-corrected chi connectivity index (χ4v) is 2.89. The standard InChI is InChI=1S/C15H17NO3S/c1-3-20-13-6-4-5-12(14(13)15(17)18)16(2)9-11-7-8-19-10-11/h4-8,10H,3,9H2,1-2H3,(H,17,18). The predicted octanol–water partition coefficient (Wildman–Crippen LogP) is 3.73. The van der Waals surface area contributed by atoms with E-state index in [0.29, 0.717) is 12.1 Å². The fraction of sp³-hybridized carbons (Fsp3) is 0.267. The predicted molar refractivity (Wildman–Crippen MR) is 80.6 cm³/mol. The molecule has 1 N–H and O–H groups in total. The maximum Gasteiger partial charge on any atom is 0.338 e. The number of thioether (sulfide) groups is 1. The van der Waals surface area contributed by atoms with E-state index in [2.05, 4.69) is 0 Å². The Bertz CT molecular complexity index is 581. The molecule has 1 heterocycles. The third kappa shape index (κ3) is 3.17. The van der Waals surface area contributed by atoms with E-state index in [1.54, 1.807) is 24.3 Å². The highest BCUT2D eigenvalue weighted by Crippen LogP contribution is 2.31. The summed E-state index contributed by atoms with van der Waals surface area (Å²) in [5.74, 6) is -0.0505. The highest BCUT2D eigenvalue weighted by atomic mass is 32.2. The van der Waals surface area contributed by atoms with Gasteiger partial charge in [-0.05, 0) is 24.0 Å². The molecule has 0 fully saturated rings. The monoisotopic (exact) mass is 291 g/mol. The van der Waals surface area contributed by atoms with E-state index in [1.807, 2.05) is 43.1 Å². The smallest absolute Gasteiger partial charge is 0.338 e. The van der Waals surface area contributed by atoms with Crippen molar-refractivity contribution in [2.75, 3.05) is 17.7 Å². The van der Waals surface area contributed by atoms with Crippen molar-refractivity contribution >= 4 is 23.4 Å². The van der Waals surface area contributed by atoms with Crippen LogP contribution in [0.5, 0.6) is 0 Å². The first-order valence-corrected chi connectivity index (χ1v) is 7.33. The summed E-state index contributed by atoms with van der Waals surface area (Å²) in [6.45, 7) is 2.62. The Kier molecular flexibility index (Phi) is 4.74. The summed E-state index contributed by atoms with van der Waals surface area (Å²) >= 11 is 1.54. The zero-order chi connectivity index (χ0) is 14.5. The molecule has 0 saturated carbocycles. The summed E-state index contributed by atoms with van der Waals surface area (Å²) in [7, 11) is 1.88. The Balaban J connectivity index is 2.34. The minimum absolute atomic E-state index is 0.366. The lowest BCUT2D eigenvalue weighted by Gasteiger charge is -2.22. The van der Waals surface area contributed by atoms with Gasteiger partial charge in [-0.3, -0.25) is 0 Å². The van der Waals surface area contributed by atoms with Gasteiger partial charge in [-0.1, -0.05) is 13.0 Å². The fourth-order valence-electron chi connectivity index (χ4n) is 2.07. The Labute approximate surface area is 122 Å². The van der Waals surface area contributed by atoms with Crippen LogP contribution in [-0.2, 0) is 6.54 Å². The van der Waals surface area contributed by atoms with Gasteiger partial charge in [0.05, 0.1) is 23.8 Å². The molecule has 5 heteroatoms. The van der Waals surface area contributed by atoms with Crippen molar-refractivity contribution in [3.63, 3.8) is 0 Å². The third-order valence-corrected chi connectivity index (χ3v) is 3.87. The normalized spacial score (nSPS) is 10.5. The number of hydrogen-bond donors (Lipinski definition) is 1. The first kappa shape index (κ1) is 14.5. The van der Waals surface area contributed by atoms with Crippen LogP contribution in [0.3, 0.4) is 0 Å². The van der Waals surface area contributed by atoms with Gasteiger partial charge in [0.15, 0.2) is 0 Å². The van der Waals surface area contributed by atoms with Gasteiger partial charge in [-0.15, -0.1) is 11.8 Å². The van der Waals surface area contributed by atoms with E-state index in [1.165, 1.54) is 0 Å². The molecule has 0 atom stereocenters. The lowest BCUT2D eigenvalue weighted by atomic mass is 10.1. The van der Waals surface area contributed by atoms with Crippen molar-refractivity contribution in [3.05, 3.63) is 47.9 Å². The molecule has 1 aromatic heterocycles. The Morgan fingerprint density at radius 2 is 2.20 bits per heavy atom. The van der Waals surface area contributed by atoms with E-state index < -0.39 is 5.97 Å². The molecule has 106 valence electrons. The van der Waals surface area contributed by atoms with Gasteiger partial charge in [0.25, 0.3) is 0 Å². The molecule has 20 heavy (non-hydrogen) atoms. The number of nitrogens with zero attached hydrogens (tertiary/aromatic N) is 1. The number of carboxylic acid groups (broad SMARTS) is 1. The summed E-state index contributed by atoms with van der Waals surface area (Å²) in [5, 5.41) is 9.49. The molecule has 4 nitrogen and oxygen atoms in total. The van der Waals surface area contributed by atoms with Crippen molar-refractivity contribution in [3.8, 4) is 0 Å². The topological polar surface area (TPSA) is 53.7 Å². The number of anilines is 1. The van der Waals surface area contributed by atoms with Crippen molar-refractivity contribution in [2.24, 2.45) is 0 Å². The molecule has 0 unspecified atom stereocenters. The molecule has 0 radical (unpaired) electrons. The van der Waals surface area contributed by atoms with Gasteiger partial charge in [0.2, 0.25) is 0 Å². The molecule has 0 aliphatic heterocycles. The van der Waals surface area contributed by atoms with E-state index in [0.717, 1.165) is 21.9 Å². The zero-order valence-corrected chi connectivity index (χ0v) is 12.3. The van der Waals surface area contributed by atoms with Crippen LogP contribution >= 0.6 is 11.8 Å². The van der Waals surface area contributed by atoms with E-state index >= 15 is 0 Å². The van der Waals surface area contributed by atoms with Crippen LogP contribution in [0.15, 0.2) is 46.1 Å². The quantitative estimate of drug-likeness (QED) is 0.822. The lowest BCUT2D eigenvalue weighted by Crippen LogP contribution is -2.19. The second-order valence-corrected chi connectivity index (χ2v) is 5.68. The average molecular weight is 291 g/mol. The highest BCUT2D eigenvalue weighted by Gasteiger charge is 2.18. The molecular formula is C15H17NO3S. The largest absolute Gasteiger partial charge is 0.478 e. The summed E-state index contributed by atoms with van der Waals surface area (Å²) in [6, 6.07) is 7.46. The lowest BCUT2D eigenvalue weighted by molar-refractivity contribution is 0.0694. The summed E-state index contributed by atoms with van der Waals surface area (Å²) in [5.41, 5.74) is 2.10. The molecule has 1 aromatic carbocycles. The molecule has 0 aliphatic rings. The van der Waals surface area contributed by atoms with E-state index in [9.17, 15) is 9.90 Å². The molecule has 0 spiro atoms. The minimum atomic E-state index is -0.893. The van der Waals surface area contributed by atoms with Crippen LogP contribution in [0, 0.1) is 0 Å². The second kappa shape index (κ2) is 6.52. The van der Waals surface area contributed by atoms with Gasteiger partial charge in [0, 0.05) is 24.1 Å². The molecule has 0 aliphatic carbocycles. The first-order chi connectivity index (χ1) is 9.63. The summed E-state index contributed by atoms with van der Waals surface area (Å²) < 4.78 is 5.04. The Hall–Kier alpha value is -1.88. The average Bonchev–Trinajstić information content (AvgIpc) is 2.91. The summed E-state index contributed by atoms with van der Waals surface area (Å²) in [6.07, 6.45) is 3.28. The molecule has 0 bridgehead atoms. The van der Waals surface area contributed by atoms with Crippen LogP contribution in [0.2, 0.25) is 0 Å². The van der Waals surface area contributed by atoms with Crippen LogP contribution < -0.4 is 4.90 Å². The second-order valence-electron chi connectivity index (χ2n) is 4.38. The number of hydrogen-bond acceptors (Lipinski definition) is 4. The van der Waals surface area contributed by atoms with Gasteiger partial charge < -0.3 is 14.4 Å². The zero-order valence-electron chi connectivity index (χ0n) is 11.5. The van der Waals surface area contributed by atoms with E-state index in [-0.39, 0.29) is 0 Å². The number of carbonyl (C=O) groups is 1. The molecule has 0 amide bonds. The van der Waals surface area contributed by atoms with Gasteiger partial charge in [0.1, 0.15) is 0 Å². The van der Waals surface area contributed by atoms with Crippen LogP contribution in [0.1, 0.15) is 22.8 Å². The van der Waals surface area contributed by atoms with Crippen molar-refractivity contribution in [2.45, 2.75) is 18.4 Å². The highest BCUT2D eigenvalue weighted by molar-refractivity contribution is 7.99. The first-order valence-electron chi connectivity index (χ1n) is 6.34. The van der Waals surface area contributed by atoms with E-state index in [4.69, 9.17) is 4.42 Å². The molecule has 2 aromatic rings. The maximum absolute atomic E-state index is 11.6. The number of rotatable bonds is 6. The van der Waals surface area contributed by atoms with Crippen LogP contribution in [-0.4, -0.2) is 23.9 Å². The van der Waals surface area contributed by atoms with Crippen molar-refractivity contribution < 1.29 is 14.3 Å². The maximum atomic E-state index is 11.6. The SMILES string of the molecule is CCSc1cccc(N(C)Cc2ccoc2)c1C(=O)O. The molecular weight excluding hydrogens is 274 g/mol. The Morgan fingerprint density at radius 1 is 1.40 bits per heavy atom. The molecule has 0 saturated heterocycles. The Morgan fingerprint density at radius 3 is 2.80 bits per heavy atom. The van der Waals surface area contributed by atoms with Crippen LogP contribution in [0.25, 0.3) is 0 Å². The van der Waals surface area contributed by atoms with Gasteiger partial charge in [-0.25, -0.2) is 4.79 Å². The third-order valence-electron chi connectivity index (χ3n) is 2.93. The summed E-state index contributed by atoms with van der Waals surface area (Å²) in [4.78, 5) is 14.3. The van der Waals surface area contributed by atoms with Crippen LogP contribution in [0.4, 0.5) is 5.69 Å². The molecule has 2 rings (SSSR count). The number of furan rings is 1. The van der Waals surface area contributed by atoms with Crippen molar-refractivity contribution in [1.82, 2.24) is 0 Å². The van der Waals surface area contributed by atoms with Crippen molar-refractivity contribution in [1.29, 1.82) is 0 Å². The minimum Gasteiger partial charge on any atom is -0.478 e. The van der Waals surface area contributed by atoms with Gasteiger partial charge >= 0.3 is 5.97 Å².